The van der Waals surface area contributed by atoms with Gasteiger partial charge < -0.3 is 9.03 Å². The van der Waals surface area contributed by atoms with Gasteiger partial charge in [0.2, 0.25) is 0 Å². The Hall–Kier alpha value is -1.30. The van der Waals surface area contributed by atoms with E-state index >= 15 is 0 Å². The molecule has 2 aromatic rings. The third-order valence-corrected chi connectivity index (χ3v) is 10.3. The van der Waals surface area contributed by atoms with Gasteiger partial charge >= 0.3 is 8.84 Å². The molecule has 0 fully saturated rings. The summed E-state index contributed by atoms with van der Waals surface area (Å²) in [6.07, 6.45) is 2.29. The van der Waals surface area contributed by atoms with E-state index in [0.717, 1.165) is 0 Å². The van der Waals surface area contributed by atoms with Crippen molar-refractivity contribution in [1.82, 2.24) is 4.57 Å². The van der Waals surface area contributed by atoms with Gasteiger partial charge in [0, 0.05) is 46.3 Å². The van der Waals surface area contributed by atoms with Crippen molar-refractivity contribution < 1.29 is 26.2 Å². The first-order valence-corrected chi connectivity index (χ1v) is 21.2. The molecule has 0 radical (unpaired) electrons. The largest absolute Gasteiger partial charge is 0.395 e. The van der Waals surface area contributed by atoms with Gasteiger partial charge in [-0.05, 0) is 49.9 Å². The number of hydrogen-bond donors (Lipinski definition) is 0. The second-order valence-electron chi connectivity index (χ2n) is 12.7. The Morgan fingerprint density at radius 2 is 1.42 bits per heavy atom. The van der Waals surface area contributed by atoms with Crippen molar-refractivity contribution in [1.29, 1.82) is 0 Å². The van der Waals surface area contributed by atoms with E-state index in [9.17, 15) is 4.46 Å². The van der Waals surface area contributed by atoms with E-state index in [0.29, 0.717) is 6.04 Å². The third kappa shape index (κ3) is 9.87. The monoisotopic (exact) mass is 567 g/mol. The molecule has 0 saturated carbocycles. The zero-order valence-corrected chi connectivity index (χ0v) is 28.9. The molecule has 1 aliphatic rings. The van der Waals surface area contributed by atoms with Crippen LogP contribution in [0.2, 0.25) is 45.3 Å². The van der Waals surface area contributed by atoms with Crippen molar-refractivity contribution in [2.75, 3.05) is 7.05 Å². The van der Waals surface area contributed by atoms with Crippen molar-refractivity contribution in [2.24, 2.45) is 0 Å². The number of fused-ring (bicyclic) bond motifs is 1. The summed E-state index contributed by atoms with van der Waals surface area (Å²) >= 11 is 0. The summed E-state index contributed by atoms with van der Waals surface area (Å²) in [6.45, 7) is 22.3. The standard InChI is InChI=1S/C22H27NOSi.C8H18Si2.Ti/c1-16-14-20-18(17-10-7-6-8-11-17)12-9-13-19(20)21(16)15-25(24)23(5)22(2,3)4;1-9(2,3)7-8-10(4,5)6;/h6-14,21H,15H2,1-5H3;1-6H3;. The Kier molecular flexibility index (Phi) is 11.8. The number of nitrogens with zero attached hydrogens (tertiary/aromatic N) is 1. The molecule has 0 saturated heterocycles. The second kappa shape index (κ2) is 13.0. The summed E-state index contributed by atoms with van der Waals surface area (Å²) in [5, 5.41) is 0. The van der Waals surface area contributed by atoms with Crippen LogP contribution in [-0.4, -0.2) is 42.1 Å². The predicted octanol–water partition coefficient (Wildman–Crippen LogP) is 8.25. The van der Waals surface area contributed by atoms with Gasteiger partial charge in [-0.1, -0.05) is 99.5 Å². The molecule has 2 aromatic carbocycles. The van der Waals surface area contributed by atoms with Crippen LogP contribution in [0, 0.1) is 11.1 Å². The van der Waals surface area contributed by atoms with Gasteiger partial charge in [0.1, 0.15) is 16.1 Å². The average molecular weight is 568 g/mol. The van der Waals surface area contributed by atoms with Crippen LogP contribution in [0.4, 0.5) is 0 Å². The molecule has 3 rings (SSSR count). The van der Waals surface area contributed by atoms with Gasteiger partial charge in [0.05, 0.1) is 0 Å². The maximum atomic E-state index is 12.9. The molecule has 36 heavy (non-hydrogen) atoms. The van der Waals surface area contributed by atoms with E-state index in [4.69, 9.17) is 0 Å². The number of rotatable bonds is 4. The van der Waals surface area contributed by atoms with Gasteiger partial charge in [-0.25, -0.2) is 0 Å². The van der Waals surface area contributed by atoms with Gasteiger partial charge in [-0.3, -0.25) is 0 Å². The van der Waals surface area contributed by atoms with Crippen molar-refractivity contribution >= 4 is 31.1 Å². The van der Waals surface area contributed by atoms with Crippen LogP contribution in [0.5, 0.6) is 0 Å². The first kappa shape index (κ1) is 32.7. The molecule has 0 N–H and O–H groups in total. The van der Waals surface area contributed by atoms with Crippen molar-refractivity contribution in [2.45, 2.75) is 84.5 Å². The second-order valence-corrected chi connectivity index (χ2v) is 24.1. The minimum atomic E-state index is -1.82. The van der Waals surface area contributed by atoms with E-state index in [1.807, 2.05) is 17.7 Å². The summed E-state index contributed by atoms with van der Waals surface area (Å²) in [5.74, 6) is 0.259. The van der Waals surface area contributed by atoms with Crippen molar-refractivity contribution in [3.63, 3.8) is 0 Å². The maximum absolute atomic E-state index is 12.9. The maximum Gasteiger partial charge on any atom is 0.395 e. The Labute approximate surface area is 239 Å². The zero-order chi connectivity index (χ0) is 26.6. The molecule has 6 heteroatoms. The van der Waals surface area contributed by atoms with E-state index in [1.165, 1.54) is 27.8 Å². The van der Waals surface area contributed by atoms with Crippen LogP contribution in [0.15, 0.2) is 54.1 Å². The molecule has 1 unspecified atom stereocenters. The Balaban J connectivity index is 0.000000504. The van der Waals surface area contributed by atoms with Crippen LogP contribution < -0.4 is 0 Å². The molecule has 2 nitrogen and oxygen atoms in total. The first-order chi connectivity index (χ1) is 16.0. The van der Waals surface area contributed by atoms with Gasteiger partial charge in [-0.2, -0.15) is 0 Å². The molecule has 1 aliphatic carbocycles. The van der Waals surface area contributed by atoms with E-state index in [2.05, 4.69) is 127 Å². The predicted molar refractivity (Wildman–Crippen MR) is 162 cm³/mol. The van der Waals surface area contributed by atoms with Gasteiger partial charge in [-0.15, -0.1) is 11.1 Å². The van der Waals surface area contributed by atoms with Crippen LogP contribution in [0.1, 0.15) is 44.7 Å². The topological polar surface area (TPSA) is 20.3 Å². The molecule has 1 atom stereocenters. The number of allylic oxidation sites excluding steroid dienone is 1. The molecule has 0 amide bonds. The molecule has 0 spiro atoms. The van der Waals surface area contributed by atoms with Crippen LogP contribution >= 0.6 is 0 Å². The molecule has 0 aliphatic heterocycles. The van der Waals surface area contributed by atoms with Gasteiger partial charge in [0.15, 0.2) is 0 Å². The van der Waals surface area contributed by atoms with Crippen LogP contribution in [-0.2, 0) is 26.2 Å². The molecule has 0 heterocycles. The van der Waals surface area contributed by atoms with Crippen molar-refractivity contribution in [3.8, 4) is 22.2 Å². The summed E-state index contributed by atoms with van der Waals surface area (Å²) in [7, 11) is -2.02. The fourth-order valence-electron chi connectivity index (χ4n) is 3.82. The smallest absolute Gasteiger partial charge is 0.375 e. The first-order valence-electron chi connectivity index (χ1n) is 12.7. The fraction of sp³-hybridized carbons (Fsp3) is 0.467. The minimum absolute atomic E-state index is 0. The minimum Gasteiger partial charge on any atom is -0.375 e. The normalized spacial score (nSPS) is 14.8. The summed E-state index contributed by atoms with van der Waals surface area (Å²) in [4.78, 5) is 0. The van der Waals surface area contributed by atoms with E-state index in [-0.39, 0.29) is 33.2 Å². The summed E-state index contributed by atoms with van der Waals surface area (Å²) in [6, 6.07) is 17.7. The third-order valence-electron chi connectivity index (χ3n) is 6.09. The molecular formula is C30H45NOSi3Ti. The van der Waals surface area contributed by atoms with Gasteiger partial charge in [0.25, 0.3) is 0 Å². The van der Waals surface area contributed by atoms with E-state index < -0.39 is 25.0 Å². The average Bonchev–Trinajstić information content (AvgIpc) is 3.06. The zero-order valence-electron chi connectivity index (χ0n) is 24.3. The van der Waals surface area contributed by atoms with Crippen LogP contribution in [0.3, 0.4) is 0 Å². The SMILES string of the molecule is CC1=Cc2c(-c3ccccc3)cccc2C1C[Si](=O)N(C)C(C)(C)C.C[Si](C)(C)C#C[Si](C)(C)C.[Ti]. The summed E-state index contributed by atoms with van der Waals surface area (Å²) in [5.41, 5.74) is 13.2. The Bertz CT molecular complexity index is 1110. The molecule has 0 bridgehead atoms. The molecule has 0 aromatic heterocycles. The summed E-state index contributed by atoms with van der Waals surface area (Å²) < 4.78 is 15.0. The Morgan fingerprint density at radius 3 is 1.89 bits per heavy atom. The molecule has 192 valence electrons. The molecular weight excluding hydrogens is 522 g/mol. The van der Waals surface area contributed by atoms with Crippen LogP contribution in [0.25, 0.3) is 17.2 Å². The Morgan fingerprint density at radius 1 is 0.889 bits per heavy atom. The number of benzene rings is 2. The number of hydrogen-bond acceptors (Lipinski definition) is 1. The quantitative estimate of drug-likeness (QED) is 0.274. The van der Waals surface area contributed by atoms with Crippen molar-refractivity contribution in [3.05, 3.63) is 65.2 Å². The fourth-order valence-corrected chi connectivity index (χ4v) is 8.74. The van der Waals surface area contributed by atoms with E-state index in [1.54, 1.807) is 0 Å².